The summed E-state index contributed by atoms with van der Waals surface area (Å²) >= 11 is 0. The van der Waals surface area contributed by atoms with Gasteiger partial charge in [0.25, 0.3) is 0 Å². The maximum absolute atomic E-state index is 11.3. The van der Waals surface area contributed by atoms with Gasteiger partial charge in [0.15, 0.2) is 5.78 Å². The molecule has 0 radical (unpaired) electrons. The van der Waals surface area contributed by atoms with Crippen LogP contribution in [-0.4, -0.2) is 23.9 Å². The summed E-state index contributed by atoms with van der Waals surface area (Å²) in [6.45, 7) is 5.35. The molecule has 120 valence electrons. The van der Waals surface area contributed by atoms with E-state index >= 15 is 0 Å². The van der Waals surface area contributed by atoms with Crippen molar-refractivity contribution in [3.05, 3.63) is 12.2 Å². The van der Waals surface area contributed by atoms with Crippen molar-refractivity contribution >= 4 is 13.6 Å². The molecule has 0 aliphatic rings. The van der Waals surface area contributed by atoms with Gasteiger partial charge in [-0.2, -0.15) is 5.26 Å². The van der Waals surface area contributed by atoms with Crippen molar-refractivity contribution in [3.8, 4) is 6.07 Å². The number of nitrogens with zero attached hydrogens (tertiary/aromatic N) is 1. The minimum atomic E-state index is -4.01. The number of hydrogen-bond acceptors (Lipinski definition) is 5. The van der Waals surface area contributed by atoms with E-state index in [1.54, 1.807) is 6.92 Å². The zero-order chi connectivity index (χ0) is 16.1. The second kappa shape index (κ2) is 11.6. The third-order valence-electron chi connectivity index (χ3n) is 2.75. The van der Waals surface area contributed by atoms with E-state index in [9.17, 15) is 14.3 Å². The van der Waals surface area contributed by atoms with Gasteiger partial charge in [0, 0.05) is 6.42 Å². The van der Waals surface area contributed by atoms with Gasteiger partial charge >= 0.3 is 7.82 Å². The number of unbranched alkanes of at least 4 members (excludes halogenated alkanes) is 4. The zero-order valence-corrected chi connectivity index (χ0v) is 13.4. The molecule has 1 unspecified atom stereocenters. The lowest BCUT2D eigenvalue weighted by Crippen LogP contribution is -1.99. The van der Waals surface area contributed by atoms with Gasteiger partial charge in [-0.3, -0.25) is 13.8 Å². The number of ketones is 1. The summed E-state index contributed by atoms with van der Waals surface area (Å²) in [5.41, 5.74) is 0.596. The maximum atomic E-state index is 11.3. The molecular formula is C14H24NO5P. The van der Waals surface area contributed by atoms with Gasteiger partial charge in [0.2, 0.25) is 0 Å². The molecule has 6 nitrogen and oxygen atoms in total. The van der Waals surface area contributed by atoms with Crippen molar-refractivity contribution in [2.75, 3.05) is 13.2 Å². The Balaban J connectivity index is 3.47. The first-order valence-corrected chi connectivity index (χ1v) is 8.56. The predicted octanol–water partition coefficient (Wildman–Crippen LogP) is 3.52. The Hall–Kier alpha value is -0.990. The van der Waals surface area contributed by atoms with Gasteiger partial charge in [-0.25, -0.2) is 4.57 Å². The number of phosphoric ester groups is 1. The van der Waals surface area contributed by atoms with Crippen LogP contribution in [0.25, 0.3) is 0 Å². The van der Waals surface area contributed by atoms with E-state index in [1.165, 1.54) is 0 Å². The zero-order valence-electron chi connectivity index (χ0n) is 12.5. The van der Waals surface area contributed by atoms with Crippen LogP contribution in [0.1, 0.15) is 51.9 Å². The van der Waals surface area contributed by atoms with Gasteiger partial charge in [0.1, 0.15) is 0 Å². The van der Waals surface area contributed by atoms with Crippen LogP contribution in [0.2, 0.25) is 0 Å². The number of Topliss-reactive ketones (excluding diaryl/α,β-unsaturated/α-hetero) is 1. The van der Waals surface area contributed by atoms with E-state index in [1.807, 2.05) is 6.07 Å². The van der Waals surface area contributed by atoms with Gasteiger partial charge in [-0.15, -0.1) is 0 Å². The summed E-state index contributed by atoms with van der Waals surface area (Å²) < 4.78 is 20.7. The highest BCUT2D eigenvalue weighted by Crippen LogP contribution is 2.43. The van der Waals surface area contributed by atoms with Crippen LogP contribution in [0, 0.1) is 11.3 Å². The van der Waals surface area contributed by atoms with E-state index in [-0.39, 0.29) is 25.4 Å². The smallest absolute Gasteiger partial charge is 0.302 e. The maximum Gasteiger partial charge on any atom is 0.472 e. The number of carbonyl (C=O) groups is 1. The Kier molecular flexibility index (Phi) is 11.1. The largest absolute Gasteiger partial charge is 0.472 e. The van der Waals surface area contributed by atoms with Crippen molar-refractivity contribution in [3.63, 3.8) is 0 Å². The lowest BCUT2D eigenvalue weighted by atomic mass is 10.1. The summed E-state index contributed by atoms with van der Waals surface area (Å²) in [4.78, 5) is 20.5. The molecule has 1 atom stereocenters. The molecule has 0 aromatic heterocycles. The second-order valence-corrected chi connectivity index (χ2v) is 6.22. The summed E-state index contributed by atoms with van der Waals surface area (Å²) in [7, 11) is -4.01. The van der Waals surface area contributed by atoms with Crippen molar-refractivity contribution < 1.29 is 23.3 Å². The monoisotopic (exact) mass is 317 g/mol. The lowest BCUT2D eigenvalue weighted by Gasteiger charge is -2.10. The molecule has 0 saturated heterocycles. The Labute approximate surface area is 126 Å². The van der Waals surface area contributed by atoms with Gasteiger partial charge in [0.05, 0.1) is 25.7 Å². The summed E-state index contributed by atoms with van der Waals surface area (Å²) in [5, 5.41) is 8.28. The van der Waals surface area contributed by atoms with Crippen LogP contribution in [0.15, 0.2) is 12.2 Å². The quantitative estimate of drug-likeness (QED) is 0.317. The van der Waals surface area contributed by atoms with Gasteiger partial charge < -0.3 is 4.89 Å². The fraction of sp³-hybridized carbons (Fsp3) is 0.714. The van der Waals surface area contributed by atoms with Crippen LogP contribution >= 0.6 is 7.82 Å². The number of hydrogen-bond donors (Lipinski definition) is 1. The molecule has 0 amide bonds. The number of nitriles is 1. The van der Waals surface area contributed by atoms with Crippen LogP contribution in [0.4, 0.5) is 0 Å². The molecule has 0 aromatic rings. The van der Waals surface area contributed by atoms with Gasteiger partial charge in [-0.05, 0) is 25.3 Å². The minimum Gasteiger partial charge on any atom is -0.302 e. The Morgan fingerprint density at radius 1 is 1.19 bits per heavy atom. The molecule has 7 heteroatoms. The molecular weight excluding hydrogens is 293 g/mol. The standard InChI is InChI=1S/C14H24NO5P/c1-13(2)14(16)9-6-4-3-5-7-11-19-21(17,18)20-12-8-10-15/h1,3-9,11-12H2,2H3,(H,17,18). The van der Waals surface area contributed by atoms with Crippen LogP contribution in [0.3, 0.4) is 0 Å². The van der Waals surface area contributed by atoms with E-state index < -0.39 is 7.82 Å². The first kappa shape index (κ1) is 20.0. The number of rotatable bonds is 13. The molecule has 0 aromatic carbocycles. The Bertz CT molecular complexity index is 416. The van der Waals surface area contributed by atoms with Crippen molar-refractivity contribution in [1.29, 1.82) is 5.26 Å². The Morgan fingerprint density at radius 3 is 2.38 bits per heavy atom. The van der Waals surface area contributed by atoms with Crippen molar-refractivity contribution in [2.24, 2.45) is 0 Å². The first-order valence-electron chi connectivity index (χ1n) is 7.06. The third-order valence-corrected chi connectivity index (χ3v) is 3.76. The van der Waals surface area contributed by atoms with E-state index in [0.29, 0.717) is 18.4 Å². The SMILES string of the molecule is C=C(C)C(=O)CCCCCCCOP(=O)(O)OCCC#N. The minimum absolute atomic E-state index is 0.0524. The summed E-state index contributed by atoms with van der Waals surface area (Å²) in [6, 6.07) is 1.81. The predicted molar refractivity (Wildman–Crippen MR) is 79.5 cm³/mol. The molecule has 0 rings (SSSR count). The van der Waals surface area contributed by atoms with Gasteiger partial charge in [-0.1, -0.05) is 25.8 Å². The molecule has 0 fully saturated rings. The average Bonchev–Trinajstić information content (AvgIpc) is 2.41. The van der Waals surface area contributed by atoms with Crippen LogP contribution in [-0.2, 0) is 18.4 Å². The van der Waals surface area contributed by atoms with E-state index in [0.717, 1.165) is 25.7 Å². The first-order chi connectivity index (χ1) is 9.89. The third kappa shape index (κ3) is 12.5. The van der Waals surface area contributed by atoms with E-state index in [4.69, 9.17) is 9.79 Å². The number of carbonyl (C=O) groups excluding carboxylic acids is 1. The highest BCUT2D eigenvalue weighted by Gasteiger charge is 2.19. The Morgan fingerprint density at radius 2 is 1.76 bits per heavy atom. The highest BCUT2D eigenvalue weighted by molar-refractivity contribution is 7.47. The second-order valence-electron chi connectivity index (χ2n) is 4.76. The molecule has 0 saturated carbocycles. The number of allylic oxidation sites excluding steroid dienone is 1. The highest BCUT2D eigenvalue weighted by atomic mass is 31.2. The topological polar surface area (TPSA) is 96.6 Å². The molecule has 0 spiro atoms. The molecule has 0 bridgehead atoms. The molecule has 21 heavy (non-hydrogen) atoms. The van der Waals surface area contributed by atoms with Crippen LogP contribution < -0.4 is 0 Å². The summed E-state index contributed by atoms with van der Waals surface area (Å²) in [5.74, 6) is 0.106. The van der Waals surface area contributed by atoms with Crippen molar-refractivity contribution in [1.82, 2.24) is 0 Å². The molecule has 1 N–H and O–H groups in total. The average molecular weight is 317 g/mol. The molecule has 0 aliphatic carbocycles. The number of phosphoric acid groups is 1. The van der Waals surface area contributed by atoms with Crippen LogP contribution in [0.5, 0.6) is 0 Å². The fourth-order valence-corrected chi connectivity index (χ4v) is 2.31. The molecule has 0 aliphatic heterocycles. The molecule has 0 heterocycles. The fourth-order valence-electron chi connectivity index (χ4n) is 1.56. The van der Waals surface area contributed by atoms with E-state index in [2.05, 4.69) is 11.1 Å². The normalized spacial score (nSPS) is 13.4. The lowest BCUT2D eigenvalue weighted by molar-refractivity contribution is -0.115. The summed E-state index contributed by atoms with van der Waals surface area (Å²) in [6.07, 6.45) is 4.82. The van der Waals surface area contributed by atoms with Crippen molar-refractivity contribution in [2.45, 2.75) is 51.9 Å².